The number of nitrogens with zero attached hydrogens (tertiary/aromatic N) is 3. The molecule has 8 nitrogen and oxygen atoms in total. The van der Waals surface area contributed by atoms with Gasteiger partial charge in [0, 0.05) is 12.8 Å². The molecule has 1 N–H and O–H groups in total. The molecule has 12 heteroatoms. The van der Waals surface area contributed by atoms with Crippen LogP contribution in [0.5, 0.6) is 11.5 Å². The number of ether oxygens (including phenoxy) is 1. The SMILES string of the molecule is CCCC(=O)C1(c2cc(Oc3c(Cl)cc(-n4nc(C#N)c(=O)[nH]c4=O)cc3Cl)ccc2C)CCC1(F)F. The van der Waals surface area contributed by atoms with E-state index in [0.717, 1.165) is 4.68 Å². The van der Waals surface area contributed by atoms with Gasteiger partial charge >= 0.3 is 5.69 Å². The van der Waals surface area contributed by atoms with Crippen molar-refractivity contribution in [2.24, 2.45) is 0 Å². The minimum Gasteiger partial charge on any atom is -0.454 e. The molecule has 1 aliphatic carbocycles. The number of halogens is 4. The van der Waals surface area contributed by atoms with E-state index in [-0.39, 0.29) is 52.1 Å². The van der Waals surface area contributed by atoms with Crippen molar-refractivity contribution in [2.45, 2.75) is 50.9 Å². The highest BCUT2D eigenvalue weighted by molar-refractivity contribution is 6.37. The average Bonchev–Trinajstić information content (AvgIpc) is 2.83. The molecule has 1 unspecified atom stereocenters. The Balaban J connectivity index is 1.74. The smallest absolute Gasteiger partial charge is 0.349 e. The van der Waals surface area contributed by atoms with Gasteiger partial charge in [0.15, 0.2) is 5.75 Å². The van der Waals surface area contributed by atoms with Crippen LogP contribution in [0.25, 0.3) is 5.69 Å². The fourth-order valence-corrected chi connectivity index (χ4v) is 5.04. The Morgan fingerprint density at radius 3 is 2.43 bits per heavy atom. The normalized spacial score (nSPS) is 18.1. The first-order chi connectivity index (χ1) is 17.4. The van der Waals surface area contributed by atoms with E-state index in [2.05, 4.69) is 5.10 Å². The van der Waals surface area contributed by atoms with Crippen LogP contribution in [0.4, 0.5) is 8.78 Å². The van der Waals surface area contributed by atoms with Crippen LogP contribution in [0.2, 0.25) is 10.0 Å². The highest BCUT2D eigenvalue weighted by Crippen LogP contribution is 2.57. The Labute approximate surface area is 219 Å². The van der Waals surface area contributed by atoms with Crippen LogP contribution in [0, 0.1) is 18.3 Å². The molecule has 0 spiro atoms. The Morgan fingerprint density at radius 1 is 1.22 bits per heavy atom. The van der Waals surface area contributed by atoms with Gasteiger partial charge in [-0.15, -0.1) is 5.10 Å². The summed E-state index contributed by atoms with van der Waals surface area (Å²) in [5.41, 5.74) is -3.56. The molecule has 4 rings (SSSR count). The molecule has 37 heavy (non-hydrogen) atoms. The first-order valence-corrected chi connectivity index (χ1v) is 12.0. The Hall–Kier alpha value is -3.55. The summed E-state index contributed by atoms with van der Waals surface area (Å²) in [6.07, 6.45) is 0.139. The van der Waals surface area contributed by atoms with E-state index in [9.17, 15) is 23.2 Å². The summed E-state index contributed by atoms with van der Waals surface area (Å²) in [7, 11) is 0. The van der Waals surface area contributed by atoms with Crippen LogP contribution >= 0.6 is 23.2 Å². The van der Waals surface area contributed by atoms with Gasteiger partial charge in [-0.1, -0.05) is 36.2 Å². The van der Waals surface area contributed by atoms with Gasteiger partial charge in [-0.2, -0.15) is 9.94 Å². The number of Topliss-reactive ketones (excluding diaryl/α,β-unsaturated/α-hetero) is 1. The van der Waals surface area contributed by atoms with Gasteiger partial charge in [0.05, 0.1) is 15.7 Å². The van der Waals surface area contributed by atoms with Crippen LogP contribution in [-0.2, 0) is 10.2 Å². The standard InChI is InChI=1S/C25H20Cl2F2N4O4/c1-3-4-20(34)24(7-8-25(24,28)29)16-11-15(6-5-13(16)2)37-21-17(26)9-14(10-18(21)27)33-23(36)31-22(35)19(12-30)32-33/h5-6,9-11H,3-4,7-8H2,1-2H3,(H,31,35,36). The Morgan fingerprint density at radius 2 is 1.89 bits per heavy atom. The molecule has 1 fully saturated rings. The number of H-pyrrole nitrogens is 1. The van der Waals surface area contributed by atoms with Gasteiger partial charge in [0.25, 0.3) is 11.5 Å². The zero-order valence-corrected chi connectivity index (χ0v) is 21.2. The van der Waals surface area contributed by atoms with Crippen LogP contribution in [-0.4, -0.2) is 26.5 Å². The van der Waals surface area contributed by atoms with Crippen LogP contribution in [0.15, 0.2) is 39.9 Å². The molecule has 0 amide bonds. The fraction of sp³-hybridized carbons (Fsp3) is 0.320. The van der Waals surface area contributed by atoms with E-state index < -0.39 is 34.1 Å². The number of hydrogen-bond donors (Lipinski definition) is 1. The number of aromatic nitrogens is 3. The predicted octanol–water partition coefficient (Wildman–Crippen LogP) is 5.24. The van der Waals surface area contributed by atoms with Crippen molar-refractivity contribution < 1.29 is 18.3 Å². The first-order valence-electron chi connectivity index (χ1n) is 11.3. The lowest BCUT2D eigenvalue weighted by Gasteiger charge is -2.49. The molecule has 192 valence electrons. The van der Waals surface area contributed by atoms with Crippen molar-refractivity contribution in [3.63, 3.8) is 0 Å². The number of ketones is 1. The number of nitriles is 1. The third-order valence-electron chi connectivity index (χ3n) is 6.44. The quantitative estimate of drug-likeness (QED) is 0.431. The van der Waals surface area contributed by atoms with E-state index in [1.807, 2.05) is 4.98 Å². The summed E-state index contributed by atoms with van der Waals surface area (Å²) in [5, 5.41) is 12.6. The number of alkyl halides is 2. The van der Waals surface area contributed by atoms with Crippen LogP contribution < -0.4 is 16.0 Å². The first kappa shape index (κ1) is 26.5. The van der Waals surface area contributed by atoms with Crippen molar-refractivity contribution in [1.29, 1.82) is 5.26 Å². The van der Waals surface area contributed by atoms with Gasteiger partial charge in [0.1, 0.15) is 23.0 Å². The van der Waals surface area contributed by atoms with E-state index in [0.29, 0.717) is 12.0 Å². The zero-order valence-electron chi connectivity index (χ0n) is 19.7. The third-order valence-corrected chi connectivity index (χ3v) is 7.00. The number of rotatable bonds is 7. The third kappa shape index (κ3) is 4.43. The summed E-state index contributed by atoms with van der Waals surface area (Å²) >= 11 is 12.7. The predicted molar refractivity (Wildman–Crippen MR) is 132 cm³/mol. The minimum absolute atomic E-state index is 0.0326. The number of nitrogens with one attached hydrogen (secondary N) is 1. The molecule has 2 aromatic carbocycles. The lowest BCUT2D eigenvalue weighted by molar-refractivity contribution is -0.173. The fourth-order valence-electron chi connectivity index (χ4n) is 4.49. The average molecular weight is 549 g/mol. The lowest BCUT2D eigenvalue weighted by atomic mass is 9.57. The molecule has 3 aromatic rings. The molecule has 0 aliphatic heterocycles. The number of benzene rings is 2. The molecule has 0 radical (unpaired) electrons. The van der Waals surface area contributed by atoms with Gasteiger partial charge in [0.2, 0.25) is 5.69 Å². The second-order valence-electron chi connectivity index (χ2n) is 8.73. The van der Waals surface area contributed by atoms with E-state index >= 15 is 0 Å². The van der Waals surface area contributed by atoms with Crippen molar-refractivity contribution in [3.8, 4) is 23.3 Å². The molecular formula is C25H20Cl2F2N4O4. The molecule has 1 aliphatic rings. The Bertz CT molecular complexity index is 1560. The summed E-state index contributed by atoms with van der Waals surface area (Å²) < 4.78 is 36.4. The van der Waals surface area contributed by atoms with Crippen molar-refractivity contribution >= 4 is 29.0 Å². The number of carbonyl (C=O) groups excluding carboxylic acids is 1. The maximum atomic E-state index is 14.9. The minimum atomic E-state index is -3.18. The van der Waals surface area contributed by atoms with Crippen molar-refractivity contribution in [3.05, 3.63) is 78.0 Å². The van der Waals surface area contributed by atoms with Gasteiger partial charge in [-0.05, 0) is 55.2 Å². The maximum Gasteiger partial charge on any atom is 0.349 e. The number of carbonyl (C=O) groups is 1. The van der Waals surface area contributed by atoms with E-state index in [1.54, 1.807) is 32.0 Å². The highest BCUT2D eigenvalue weighted by atomic mass is 35.5. The summed E-state index contributed by atoms with van der Waals surface area (Å²) in [5.74, 6) is -3.59. The molecular weight excluding hydrogens is 529 g/mol. The topological polar surface area (TPSA) is 118 Å². The van der Waals surface area contributed by atoms with Crippen molar-refractivity contribution in [1.82, 2.24) is 14.8 Å². The number of aryl methyl sites for hydroxylation is 1. The molecule has 1 aromatic heterocycles. The van der Waals surface area contributed by atoms with Gasteiger partial charge < -0.3 is 4.74 Å². The second kappa shape index (κ2) is 9.72. The van der Waals surface area contributed by atoms with Gasteiger partial charge in [-0.25, -0.2) is 13.6 Å². The van der Waals surface area contributed by atoms with Crippen LogP contribution in [0.3, 0.4) is 0 Å². The molecule has 1 heterocycles. The van der Waals surface area contributed by atoms with Crippen LogP contribution in [0.1, 0.15) is 49.4 Å². The van der Waals surface area contributed by atoms with E-state index in [1.165, 1.54) is 18.2 Å². The molecule has 1 atom stereocenters. The second-order valence-corrected chi connectivity index (χ2v) is 9.55. The summed E-state index contributed by atoms with van der Waals surface area (Å²) in [6.45, 7) is 3.42. The lowest BCUT2D eigenvalue weighted by Crippen LogP contribution is -2.60. The Kier molecular flexibility index (Phi) is 6.97. The van der Waals surface area contributed by atoms with Gasteiger partial charge in [-0.3, -0.25) is 14.6 Å². The van der Waals surface area contributed by atoms with Crippen molar-refractivity contribution in [2.75, 3.05) is 0 Å². The highest BCUT2D eigenvalue weighted by Gasteiger charge is 2.66. The number of aromatic amines is 1. The number of hydrogen-bond acceptors (Lipinski definition) is 6. The van der Waals surface area contributed by atoms with E-state index in [4.69, 9.17) is 33.2 Å². The maximum absolute atomic E-state index is 14.9. The largest absolute Gasteiger partial charge is 0.454 e. The summed E-state index contributed by atoms with van der Waals surface area (Å²) in [4.78, 5) is 38.7. The molecule has 0 saturated heterocycles. The zero-order chi connectivity index (χ0) is 27.1. The monoisotopic (exact) mass is 548 g/mol. The molecule has 0 bridgehead atoms. The molecule has 1 saturated carbocycles. The summed E-state index contributed by atoms with van der Waals surface area (Å²) in [6, 6.07) is 8.66.